The van der Waals surface area contributed by atoms with Crippen LogP contribution in [0.2, 0.25) is 0 Å². The normalized spacial score (nSPS) is 19.7. The summed E-state index contributed by atoms with van der Waals surface area (Å²) in [7, 11) is 0. The van der Waals surface area contributed by atoms with E-state index in [1.807, 2.05) is 6.92 Å². The van der Waals surface area contributed by atoms with Crippen molar-refractivity contribution in [2.45, 2.75) is 38.6 Å². The molecule has 1 unspecified atom stereocenters. The summed E-state index contributed by atoms with van der Waals surface area (Å²) in [5, 5.41) is 6.73. The fraction of sp³-hybridized carbons (Fsp3) is 0.750. The van der Waals surface area contributed by atoms with Crippen molar-refractivity contribution in [3.05, 3.63) is 16.1 Å². The van der Waals surface area contributed by atoms with Crippen molar-refractivity contribution in [3.8, 4) is 0 Å². The lowest BCUT2D eigenvalue weighted by atomic mass is 9.97. The SMILES string of the molecule is Cc1nc(CCNCC(C)(N)C2CC2)cs1. The van der Waals surface area contributed by atoms with Crippen LogP contribution in [0.15, 0.2) is 5.38 Å². The van der Waals surface area contributed by atoms with Crippen molar-refractivity contribution < 1.29 is 0 Å². The number of hydrogen-bond acceptors (Lipinski definition) is 4. The fourth-order valence-electron chi connectivity index (χ4n) is 1.98. The van der Waals surface area contributed by atoms with Crippen molar-refractivity contribution in [2.24, 2.45) is 11.7 Å². The van der Waals surface area contributed by atoms with E-state index >= 15 is 0 Å². The molecule has 0 saturated heterocycles. The van der Waals surface area contributed by atoms with Gasteiger partial charge in [-0.3, -0.25) is 0 Å². The van der Waals surface area contributed by atoms with Crippen molar-refractivity contribution in [1.82, 2.24) is 10.3 Å². The number of aryl methyl sites for hydroxylation is 1. The van der Waals surface area contributed by atoms with Crippen LogP contribution >= 0.6 is 11.3 Å². The third-order valence-electron chi connectivity index (χ3n) is 3.24. The Bertz CT molecular complexity index is 342. The van der Waals surface area contributed by atoms with Gasteiger partial charge in [-0.15, -0.1) is 11.3 Å². The Labute approximate surface area is 101 Å². The summed E-state index contributed by atoms with van der Waals surface area (Å²) >= 11 is 1.72. The Kier molecular flexibility index (Phi) is 3.62. The quantitative estimate of drug-likeness (QED) is 0.743. The molecule has 0 aliphatic heterocycles. The largest absolute Gasteiger partial charge is 0.324 e. The van der Waals surface area contributed by atoms with Crippen molar-refractivity contribution >= 4 is 11.3 Å². The molecule has 0 radical (unpaired) electrons. The van der Waals surface area contributed by atoms with Gasteiger partial charge in [-0.25, -0.2) is 4.98 Å². The molecule has 0 spiro atoms. The summed E-state index contributed by atoms with van der Waals surface area (Å²) in [6, 6.07) is 0. The first-order valence-electron chi connectivity index (χ1n) is 5.98. The second-order valence-corrected chi connectivity index (χ2v) is 6.13. The Balaban J connectivity index is 1.65. The number of nitrogens with zero attached hydrogens (tertiary/aromatic N) is 1. The third-order valence-corrected chi connectivity index (χ3v) is 4.06. The zero-order valence-corrected chi connectivity index (χ0v) is 10.9. The minimum Gasteiger partial charge on any atom is -0.324 e. The van der Waals surface area contributed by atoms with E-state index < -0.39 is 0 Å². The van der Waals surface area contributed by atoms with E-state index in [0.717, 1.165) is 30.4 Å². The molecule has 1 aliphatic rings. The molecule has 0 amide bonds. The smallest absolute Gasteiger partial charge is 0.0897 e. The van der Waals surface area contributed by atoms with E-state index in [1.54, 1.807) is 11.3 Å². The highest BCUT2D eigenvalue weighted by Crippen LogP contribution is 2.37. The van der Waals surface area contributed by atoms with Gasteiger partial charge in [-0.2, -0.15) is 0 Å². The lowest BCUT2D eigenvalue weighted by Crippen LogP contribution is -2.48. The van der Waals surface area contributed by atoms with Crippen LogP contribution in [0, 0.1) is 12.8 Å². The second kappa shape index (κ2) is 4.82. The minimum atomic E-state index is -0.0159. The Morgan fingerprint density at radius 3 is 2.94 bits per heavy atom. The molecule has 3 nitrogen and oxygen atoms in total. The van der Waals surface area contributed by atoms with E-state index in [0.29, 0.717) is 0 Å². The van der Waals surface area contributed by atoms with Gasteiger partial charge < -0.3 is 11.1 Å². The molecule has 1 aliphatic carbocycles. The summed E-state index contributed by atoms with van der Waals surface area (Å²) < 4.78 is 0. The summed E-state index contributed by atoms with van der Waals surface area (Å²) in [6.07, 6.45) is 3.62. The van der Waals surface area contributed by atoms with Gasteiger partial charge in [0, 0.05) is 30.4 Å². The van der Waals surface area contributed by atoms with Crippen molar-refractivity contribution in [2.75, 3.05) is 13.1 Å². The summed E-state index contributed by atoms with van der Waals surface area (Å²) in [6.45, 7) is 6.10. The standard InChI is InChI=1S/C12H21N3S/c1-9-15-11(7-16-9)5-6-14-8-12(2,13)10-3-4-10/h7,10,14H,3-6,8,13H2,1-2H3. The number of aromatic nitrogens is 1. The van der Waals surface area contributed by atoms with E-state index in [-0.39, 0.29) is 5.54 Å². The number of hydrogen-bond donors (Lipinski definition) is 2. The highest BCUT2D eigenvalue weighted by Gasteiger charge is 2.37. The maximum atomic E-state index is 6.23. The highest BCUT2D eigenvalue weighted by molar-refractivity contribution is 7.09. The van der Waals surface area contributed by atoms with E-state index in [1.165, 1.54) is 18.5 Å². The van der Waals surface area contributed by atoms with E-state index in [4.69, 9.17) is 5.73 Å². The fourth-order valence-corrected chi connectivity index (χ4v) is 2.63. The van der Waals surface area contributed by atoms with E-state index in [2.05, 4.69) is 22.6 Å². The van der Waals surface area contributed by atoms with Gasteiger partial charge in [0.05, 0.1) is 10.7 Å². The number of nitrogens with two attached hydrogens (primary N) is 1. The molecule has 1 fully saturated rings. The molecular formula is C12H21N3S. The van der Waals surface area contributed by atoms with Crippen LogP contribution in [0.4, 0.5) is 0 Å². The van der Waals surface area contributed by atoms with Crippen LogP contribution in [0.25, 0.3) is 0 Å². The Morgan fingerprint density at radius 2 is 2.38 bits per heavy atom. The summed E-state index contributed by atoms with van der Waals surface area (Å²) in [5.41, 5.74) is 7.41. The zero-order valence-electron chi connectivity index (χ0n) is 10.1. The van der Waals surface area contributed by atoms with Crippen molar-refractivity contribution in [1.29, 1.82) is 0 Å². The van der Waals surface area contributed by atoms with Gasteiger partial charge in [-0.1, -0.05) is 0 Å². The average molecular weight is 239 g/mol. The molecule has 1 atom stereocenters. The number of thiazole rings is 1. The molecule has 1 aromatic rings. The number of rotatable bonds is 6. The van der Waals surface area contributed by atoms with Crippen LogP contribution in [-0.4, -0.2) is 23.6 Å². The second-order valence-electron chi connectivity index (χ2n) is 5.06. The van der Waals surface area contributed by atoms with Crippen LogP contribution < -0.4 is 11.1 Å². The molecule has 16 heavy (non-hydrogen) atoms. The zero-order chi connectivity index (χ0) is 11.6. The molecule has 0 bridgehead atoms. The number of nitrogens with one attached hydrogen (secondary N) is 1. The first-order valence-corrected chi connectivity index (χ1v) is 6.86. The Morgan fingerprint density at radius 1 is 1.62 bits per heavy atom. The average Bonchev–Trinajstić information content (AvgIpc) is 2.99. The monoisotopic (exact) mass is 239 g/mol. The lowest BCUT2D eigenvalue weighted by molar-refractivity contribution is 0.381. The van der Waals surface area contributed by atoms with Crippen LogP contribution in [0.3, 0.4) is 0 Å². The van der Waals surface area contributed by atoms with Gasteiger partial charge in [0.1, 0.15) is 0 Å². The lowest BCUT2D eigenvalue weighted by Gasteiger charge is -2.24. The van der Waals surface area contributed by atoms with E-state index in [9.17, 15) is 0 Å². The van der Waals surface area contributed by atoms with Gasteiger partial charge >= 0.3 is 0 Å². The topological polar surface area (TPSA) is 50.9 Å². The molecular weight excluding hydrogens is 218 g/mol. The summed E-state index contributed by atoms with van der Waals surface area (Å²) in [4.78, 5) is 4.44. The van der Waals surface area contributed by atoms with Crippen molar-refractivity contribution in [3.63, 3.8) is 0 Å². The molecule has 4 heteroatoms. The molecule has 1 heterocycles. The predicted octanol–water partition coefficient (Wildman–Crippen LogP) is 1.71. The Hall–Kier alpha value is -0.450. The first-order chi connectivity index (χ1) is 7.58. The van der Waals surface area contributed by atoms with Crippen LogP contribution in [0.5, 0.6) is 0 Å². The highest BCUT2D eigenvalue weighted by atomic mass is 32.1. The van der Waals surface area contributed by atoms with Gasteiger partial charge in [0.15, 0.2) is 0 Å². The van der Waals surface area contributed by atoms with Crippen LogP contribution in [-0.2, 0) is 6.42 Å². The first kappa shape index (κ1) is 12.0. The maximum Gasteiger partial charge on any atom is 0.0897 e. The van der Waals surface area contributed by atoms with Crippen LogP contribution in [0.1, 0.15) is 30.5 Å². The molecule has 3 N–H and O–H groups in total. The summed E-state index contributed by atoms with van der Waals surface area (Å²) in [5.74, 6) is 0.738. The minimum absolute atomic E-state index is 0.0159. The molecule has 1 aromatic heterocycles. The van der Waals surface area contributed by atoms with Gasteiger partial charge in [0.2, 0.25) is 0 Å². The maximum absolute atomic E-state index is 6.23. The van der Waals surface area contributed by atoms with Gasteiger partial charge in [0.25, 0.3) is 0 Å². The molecule has 0 aromatic carbocycles. The molecule has 90 valence electrons. The molecule has 1 saturated carbocycles. The molecule has 2 rings (SSSR count). The van der Waals surface area contributed by atoms with Gasteiger partial charge in [-0.05, 0) is 32.6 Å². The third kappa shape index (κ3) is 3.27. The predicted molar refractivity (Wildman–Crippen MR) is 68.7 cm³/mol.